The second-order valence-corrected chi connectivity index (χ2v) is 7.16. The molecular formula is C14H22N2O2S. The quantitative estimate of drug-likeness (QED) is 0.796. The van der Waals surface area contributed by atoms with E-state index in [1.807, 2.05) is 19.1 Å². The van der Waals surface area contributed by atoms with E-state index in [2.05, 4.69) is 6.58 Å². The molecule has 1 aliphatic heterocycles. The molecule has 0 radical (unpaired) electrons. The van der Waals surface area contributed by atoms with Crippen LogP contribution < -0.4 is 5.73 Å². The van der Waals surface area contributed by atoms with Gasteiger partial charge in [-0.1, -0.05) is 24.3 Å². The van der Waals surface area contributed by atoms with Gasteiger partial charge in [0.25, 0.3) is 0 Å². The van der Waals surface area contributed by atoms with Crippen molar-refractivity contribution in [3.63, 3.8) is 0 Å². The number of hydrogen-bond acceptors (Lipinski definition) is 4. The Labute approximate surface area is 116 Å². The number of nitrogens with two attached hydrogens (primary N) is 1. The molecule has 2 rings (SSSR count). The van der Waals surface area contributed by atoms with Crippen molar-refractivity contribution in [2.45, 2.75) is 24.7 Å². The van der Waals surface area contributed by atoms with Gasteiger partial charge in [-0.25, -0.2) is 4.31 Å². The minimum atomic E-state index is -2.91. The number of aryl methyl sites for hydroxylation is 1. The van der Waals surface area contributed by atoms with E-state index < -0.39 is 10.8 Å². The van der Waals surface area contributed by atoms with E-state index in [0.29, 0.717) is 23.7 Å². The molecule has 1 aromatic rings. The monoisotopic (exact) mass is 282 g/mol. The maximum Gasteiger partial charge on any atom is 0.0752 e. The first-order chi connectivity index (χ1) is 8.91. The zero-order chi connectivity index (χ0) is 14.0. The summed E-state index contributed by atoms with van der Waals surface area (Å²) < 4.78 is 22.7. The molecule has 1 aliphatic rings. The van der Waals surface area contributed by atoms with Crippen LogP contribution in [0.25, 0.3) is 0 Å². The van der Waals surface area contributed by atoms with E-state index in [-0.39, 0.29) is 5.92 Å². The zero-order valence-electron chi connectivity index (χ0n) is 11.2. The summed E-state index contributed by atoms with van der Waals surface area (Å²) >= 11 is 0. The fraction of sp³-hybridized carbons (Fsp3) is 0.429. The molecule has 0 saturated carbocycles. The third-order valence-corrected chi connectivity index (χ3v) is 5.56. The van der Waals surface area contributed by atoms with E-state index in [0.717, 1.165) is 18.4 Å². The summed E-state index contributed by atoms with van der Waals surface area (Å²) in [5, 5.41) is 0. The number of benzene rings is 1. The minimum Gasteiger partial charge on any atom is -0.402 e. The molecule has 5 heteroatoms. The fourth-order valence-electron chi connectivity index (χ4n) is 2.35. The summed E-state index contributed by atoms with van der Waals surface area (Å²) in [6, 6.07) is 7.36. The Morgan fingerprint density at radius 3 is 2.58 bits per heavy atom. The lowest BCUT2D eigenvalue weighted by Crippen LogP contribution is -2.39. The van der Waals surface area contributed by atoms with E-state index in [4.69, 9.17) is 5.73 Å². The topological polar surface area (TPSA) is 69.7 Å². The van der Waals surface area contributed by atoms with Gasteiger partial charge in [0.15, 0.2) is 0 Å². The van der Waals surface area contributed by atoms with Crippen LogP contribution in [0.15, 0.2) is 41.4 Å². The molecule has 106 valence electrons. The largest absolute Gasteiger partial charge is 0.402 e. The Bertz CT molecular complexity index is 459. The van der Waals surface area contributed by atoms with Gasteiger partial charge in [-0.15, -0.1) is 10.8 Å². The molecule has 0 aliphatic carbocycles. The Hall–Kier alpha value is -1.01. The van der Waals surface area contributed by atoms with Crippen molar-refractivity contribution in [1.82, 2.24) is 4.31 Å². The molecule has 0 bridgehead atoms. The van der Waals surface area contributed by atoms with E-state index in [1.165, 1.54) is 0 Å². The van der Waals surface area contributed by atoms with E-state index >= 15 is 0 Å². The van der Waals surface area contributed by atoms with Crippen LogP contribution in [0.1, 0.15) is 18.4 Å². The Balaban J connectivity index is 2.18. The maximum absolute atomic E-state index is 10.5. The van der Waals surface area contributed by atoms with Crippen LogP contribution in [-0.2, 0) is 0 Å². The second-order valence-electron chi connectivity index (χ2n) is 5.13. The van der Waals surface area contributed by atoms with Crippen molar-refractivity contribution >= 4 is 10.8 Å². The Morgan fingerprint density at radius 1 is 1.37 bits per heavy atom. The van der Waals surface area contributed by atoms with Gasteiger partial charge >= 0.3 is 0 Å². The third-order valence-electron chi connectivity index (χ3n) is 3.61. The van der Waals surface area contributed by atoms with Crippen LogP contribution in [-0.4, -0.2) is 26.5 Å². The summed E-state index contributed by atoms with van der Waals surface area (Å²) in [5.74, 6) is 0.144. The molecule has 4 nitrogen and oxygen atoms in total. The molecule has 1 fully saturated rings. The molecule has 0 spiro atoms. The van der Waals surface area contributed by atoms with Crippen LogP contribution in [0.5, 0.6) is 0 Å². The molecule has 19 heavy (non-hydrogen) atoms. The first kappa shape index (κ1) is 14.4. The molecule has 1 heterocycles. The second kappa shape index (κ2) is 5.54. The number of rotatable bonds is 3. The van der Waals surface area contributed by atoms with Gasteiger partial charge in [-0.2, -0.15) is 0 Å². The van der Waals surface area contributed by atoms with Crippen molar-refractivity contribution in [1.29, 1.82) is 0 Å². The highest BCUT2D eigenvalue weighted by Crippen LogP contribution is 2.53. The molecule has 1 unspecified atom stereocenters. The van der Waals surface area contributed by atoms with Crippen LogP contribution in [0.3, 0.4) is 0 Å². The predicted molar refractivity (Wildman–Crippen MR) is 79.9 cm³/mol. The highest BCUT2D eigenvalue weighted by Gasteiger charge is 2.31. The SMILES string of the molecule is C=C(N)C1CCCN(S(O)(O)c2ccc(C)cc2)C1. The Morgan fingerprint density at radius 2 is 2.00 bits per heavy atom. The summed E-state index contributed by atoms with van der Waals surface area (Å²) in [4.78, 5) is 0.571. The molecule has 0 amide bonds. The first-order valence-corrected chi connectivity index (χ1v) is 7.96. The number of hydrogen-bond donors (Lipinski definition) is 3. The third kappa shape index (κ3) is 3.12. The van der Waals surface area contributed by atoms with Crippen LogP contribution in [0.4, 0.5) is 0 Å². The average Bonchev–Trinajstić information content (AvgIpc) is 2.39. The molecule has 4 N–H and O–H groups in total. The highest BCUT2D eigenvalue weighted by atomic mass is 32.3. The van der Waals surface area contributed by atoms with Gasteiger partial charge in [0, 0.05) is 24.7 Å². The number of piperidine rings is 1. The smallest absolute Gasteiger partial charge is 0.0752 e. The van der Waals surface area contributed by atoms with Crippen molar-refractivity contribution < 1.29 is 9.11 Å². The standard InChI is InChI=1S/C14H22N2O2S/c1-11-5-7-14(8-6-11)19(17,18)16-9-3-4-13(10-16)12(2)15/h5-8,13,17-18H,2-4,9-10,15H2,1H3. The van der Waals surface area contributed by atoms with Gasteiger partial charge in [-0.3, -0.25) is 9.11 Å². The lowest BCUT2D eigenvalue weighted by atomic mass is 9.97. The molecule has 1 aromatic carbocycles. The van der Waals surface area contributed by atoms with Gasteiger partial charge < -0.3 is 5.73 Å². The highest BCUT2D eigenvalue weighted by molar-refractivity contribution is 8.22. The minimum absolute atomic E-state index is 0.144. The summed E-state index contributed by atoms with van der Waals surface area (Å²) in [5.41, 5.74) is 7.49. The van der Waals surface area contributed by atoms with Crippen molar-refractivity contribution in [2.24, 2.45) is 11.7 Å². The van der Waals surface area contributed by atoms with Gasteiger partial charge in [0.1, 0.15) is 0 Å². The Kier molecular flexibility index (Phi) is 4.20. The molecule has 1 atom stereocenters. The van der Waals surface area contributed by atoms with Crippen LogP contribution >= 0.6 is 10.8 Å². The summed E-state index contributed by atoms with van der Waals surface area (Å²) in [6.45, 7) is 7.00. The van der Waals surface area contributed by atoms with Crippen molar-refractivity contribution in [3.05, 3.63) is 42.1 Å². The van der Waals surface area contributed by atoms with Gasteiger partial charge in [0.05, 0.1) is 4.90 Å². The lowest BCUT2D eigenvalue weighted by molar-refractivity contribution is 0.263. The van der Waals surface area contributed by atoms with Gasteiger partial charge in [0.2, 0.25) is 0 Å². The summed E-state index contributed by atoms with van der Waals surface area (Å²) in [7, 11) is -2.91. The van der Waals surface area contributed by atoms with E-state index in [9.17, 15) is 9.11 Å². The van der Waals surface area contributed by atoms with Crippen LogP contribution in [0.2, 0.25) is 0 Å². The maximum atomic E-state index is 10.5. The predicted octanol–water partition coefficient (Wildman–Crippen LogP) is 3.20. The van der Waals surface area contributed by atoms with Crippen molar-refractivity contribution in [3.8, 4) is 0 Å². The molecule has 0 aromatic heterocycles. The lowest BCUT2D eigenvalue weighted by Gasteiger charge is -2.46. The average molecular weight is 282 g/mol. The summed E-state index contributed by atoms with van der Waals surface area (Å²) in [6.07, 6.45) is 1.87. The first-order valence-electron chi connectivity index (χ1n) is 6.45. The van der Waals surface area contributed by atoms with Gasteiger partial charge in [-0.05, 0) is 31.9 Å². The van der Waals surface area contributed by atoms with Crippen molar-refractivity contribution in [2.75, 3.05) is 13.1 Å². The molecule has 1 saturated heterocycles. The van der Waals surface area contributed by atoms with E-state index in [1.54, 1.807) is 16.4 Å². The van der Waals surface area contributed by atoms with Crippen LogP contribution in [0, 0.1) is 12.8 Å². The normalized spacial score (nSPS) is 22.2. The number of nitrogens with zero attached hydrogens (tertiary/aromatic N) is 1. The zero-order valence-corrected chi connectivity index (χ0v) is 12.1. The fourth-order valence-corrected chi connectivity index (χ4v) is 3.92. The molecular weight excluding hydrogens is 260 g/mol.